The van der Waals surface area contributed by atoms with E-state index < -0.39 is 0 Å². The summed E-state index contributed by atoms with van der Waals surface area (Å²) in [7, 11) is 1.79. The Morgan fingerprint density at radius 2 is 2.11 bits per heavy atom. The predicted octanol–water partition coefficient (Wildman–Crippen LogP) is 1.81. The van der Waals surface area contributed by atoms with Crippen LogP contribution in [0.1, 0.15) is 26.2 Å². The first kappa shape index (κ1) is 14.6. The Morgan fingerprint density at radius 3 is 2.61 bits per heavy atom. The molecule has 1 saturated carbocycles. The molecule has 0 aromatic heterocycles. The number of ether oxygens (including phenoxy) is 1. The lowest BCUT2D eigenvalue weighted by molar-refractivity contribution is 0.0632. The first-order chi connectivity index (χ1) is 8.77. The number of hydrogen-bond acceptors (Lipinski definition) is 4. The Bertz CT molecular complexity index is 242. The van der Waals surface area contributed by atoms with Crippen LogP contribution < -0.4 is 5.73 Å². The Hall–Kier alpha value is 0.230. The van der Waals surface area contributed by atoms with Gasteiger partial charge in [0.15, 0.2) is 0 Å². The molecule has 3 unspecified atom stereocenters. The lowest BCUT2D eigenvalue weighted by Gasteiger charge is -2.39. The maximum Gasteiger partial charge on any atom is 0.0589 e. The van der Waals surface area contributed by atoms with Crippen LogP contribution in [-0.4, -0.2) is 55.3 Å². The van der Waals surface area contributed by atoms with Gasteiger partial charge in [-0.2, -0.15) is 11.8 Å². The van der Waals surface area contributed by atoms with Crippen molar-refractivity contribution in [3.63, 3.8) is 0 Å². The zero-order valence-electron chi connectivity index (χ0n) is 11.8. The van der Waals surface area contributed by atoms with Crippen molar-refractivity contribution in [3.05, 3.63) is 0 Å². The van der Waals surface area contributed by atoms with Crippen LogP contribution in [0, 0.1) is 11.8 Å². The average molecular weight is 272 g/mol. The van der Waals surface area contributed by atoms with E-state index in [1.165, 1.54) is 30.8 Å². The summed E-state index contributed by atoms with van der Waals surface area (Å²) in [4.78, 5) is 2.65. The molecular formula is C14H28N2OS. The van der Waals surface area contributed by atoms with Crippen LogP contribution in [0.5, 0.6) is 0 Å². The van der Waals surface area contributed by atoms with Crippen molar-refractivity contribution in [2.45, 2.75) is 38.3 Å². The molecule has 1 heterocycles. The number of rotatable bonds is 8. The van der Waals surface area contributed by atoms with E-state index in [9.17, 15) is 0 Å². The van der Waals surface area contributed by atoms with Crippen LogP contribution in [-0.2, 0) is 4.74 Å². The molecule has 2 rings (SSSR count). The molecule has 0 aromatic rings. The van der Waals surface area contributed by atoms with Gasteiger partial charge in [0.05, 0.1) is 6.61 Å². The number of nitrogens with two attached hydrogens (primary N) is 1. The molecule has 1 aliphatic carbocycles. The molecule has 4 heteroatoms. The van der Waals surface area contributed by atoms with Gasteiger partial charge in [0.1, 0.15) is 0 Å². The van der Waals surface area contributed by atoms with Gasteiger partial charge in [0.2, 0.25) is 0 Å². The van der Waals surface area contributed by atoms with Crippen molar-refractivity contribution >= 4 is 11.8 Å². The first-order valence-electron chi connectivity index (χ1n) is 7.30. The molecule has 1 aliphatic heterocycles. The molecule has 2 aliphatic rings. The van der Waals surface area contributed by atoms with E-state index in [-0.39, 0.29) is 0 Å². The van der Waals surface area contributed by atoms with Gasteiger partial charge in [0, 0.05) is 32.3 Å². The normalized spacial score (nSPS) is 27.7. The minimum Gasteiger partial charge on any atom is -0.383 e. The zero-order valence-corrected chi connectivity index (χ0v) is 12.6. The molecule has 0 bridgehead atoms. The quantitative estimate of drug-likeness (QED) is 0.731. The van der Waals surface area contributed by atoms with Gasteiger partial charge in [0.25, 0.3) is 0 Å². The Kier molecular flexibility index (Phi) is 5.80. The molecular weight excluding hydrogens is 244 g/mol. The first-order valence-corrected chi connectivity index (χ1v) is 8.46. The van der Waals surface area contributed by atoms with E-state index in [0.29, 0.717) is 12.1 Å². The second-order valence-electron chi connectivity index (χ2n) is 5.74. The monoisotopic (exact) mass is 272 g/mol. The maximum atomic E-state index is 6.09. The summed E-state index contributed by atoms with van der Waals surface area (Å²) in [5.41, 5.74) is 6.09. The third kappa shape index (κ3) is 3.62. The highest BCUT2D eigenvalue weighted by atomic mass is 32.2. The van der Waals surface area contributed by atoms with E-state index in [0.717, 1.165) is 31.5 Å². The smallest absolute Gasteiger partial charge is 0.0589 e. The number of nitrogens with zero attached hydrogens (tertiary/aromatic N) is 1. The fourth-order valence-electron chi connectivity index (χ4n) is 3.17. The van der Waals surface area contributed by atoms with E-state index in [2.05, 4.69) is 23.6 Å². The van der Waals surface area contributed by atoms with Crippen molar-refractivity contribution in [2.75, 3.05) is 38.3 Å². The van der Waals surface area contributed by atoms with Crippen LogP contribution in [0.3, 0.4) is 0 Å². The van der Waals surface area contributed by atoms with Crippen molar-refractivity contribution < 1.29 is 4.74 Å². The summed E-state index contributed by atoms with van der Waals surface area (Å²) in [6, 6.07) is 1.24. The lowest BCUT2D eigenvalue weighted by Crippen LogP contribution is -2.51. The van der Waals surface area contributed by atoms with Gasteiger partial charge in [-0.15, -0.1) is 0 Å². The summed E-state index contributed by atoms with van der Waals surface area (Å²) < 4.78 is 5.29. The van der Waals surface area contributed by atoms with Crippen LogP contribution >= 0.6 is 11.8 Å². The van der Waals surface area contributed by atoms with Gasteiger partial charge in [-0.05, 0) is 49.5 Å². The SMILES string of the molecule is COCCN(C(C)C1CC1)C(CN)C1CCSC1. The van der Waals surface area contributed by atoms with E-state index in [4.69, 9.17) is 10.5 Å². The fraction of sp³-hybridized carbons (Fsp3) is 1.00. The predicted molar refractivity (Wildman–Crippen MR) is 79.0 cm³/mol. The third-order valence-electron chi connectivity index (χ3n) is 4.56. The van der Waals surface area contributed by atoms with Crippen LogP contribution in [0.15, 0.2) is 0 Å². The molecule has 0 spiro atoms. The van der Waals surface area contributed by atoms with Crippen molar-refractivity contribution in [1.29, 1.82) is 0 Å². The zero-order chi connectivity index (χ0) is 13.0. The highest BCUT2D eigenvalue weighted by Crippen LogP contribution is 2.38. The molecule has 18 heavy (non-hydrogen) atoms. The van der Waals surface area contributed by atoms with Gasteiger partial charge >= 0.3 is 0 Å². The fourth-order valence-corrected chi connectivity index (χ4v) is 4.50. The molecule has 2 fully saturated rings. The summed E-state index contributed by atoms with van der Waals surface area (Å²) in [6.07, 6.45) is 4.15. The molecule has 1 saturated heterocycles. The van der Waals surface area contributed by atoms with Gasteiger partial charge in [-0.3, -0.25) is 4.90 Å². The summed E-state index contributed by atoms with van der Waals surface area (Å²) in [5.74, 6) is 4.31. The molecule has 3 nitrogen and oxygen atoms in total. The summed E-state index contributed by atoms with van der Waals surface area (Å²) in [5, 5.41) is 0. The van der Waals surface area contributed by atoms with Gasteiger partial charge in [-0.25, -0.2) is 0 Å². The topological polar surface area (TPSA) is 38.5 Å². The van der Waals surface area contributed by atoms with E-state index >= 15 is 0 Å². The van der Waals surface area contributed by atoms with Gasteiger partial charge < -0.3 is 10.5 Å². The van der Waals surface area contributed by atoms with Crippen LogP contribution in [0.25, 0.3) is 0 Å². The average Bonchev–Trinajstić information content (AvgIpc) is 3.10. The molecule has 2 N–H and O–H groups in total. The standard InChI is InChI=1S/C14H28N2OS/c1-11(12-3-4-12)16(6-7-17-2)14(9-15)13-5-8-18-10-13/h11-14H,3-10,15H2,1-2H3. The van der Waals surface area contributed by atoms with Crippen LogP contribution in [0.4, 0.5) is 0 Å². The summed E-state index contributed by atoms with van der Waals surface area (Å²) in [6.45, 7) is 5.05. The Morgan fingerprint density at radius 1 is 1.33 bits per heavy atom. The number of hydrogen-bond donors (Lipinski definition) is 1. The summed E-state index contributed by atoms with van der Waals surface area (Å²) >= 11 is 2.09. The molecule has 106 valence electrons. The maximum absolute atomic E-state index is 6.09. The van der Waals surface area contributed by atoms with Crippen molar-refractivity contribution in [3.8, 4) is 0 Å². The highest BCUT2D eigenvalue weighted by molar-refractivity contribution is 7.99. The number of thioether (sulfide) groups is 1. The largest absolute Gasteiger partial charge is 0.383 e. The van der Waals surface area contributed by atoms with E-state index in [1.807, 2.05) is 0 Å². The second-order valence-corrected chi connectivity index (χ2v) is 6.89. The van der Waals surface area contributed by atoms with Gasteiger partial charge in [-0.1, -0.05) is 0 Å². The minimum atomic E-state index is 0.561. The Labute approximate surface area is 116 Å². The van der Waals surface area contributed by atoms with Crippen molar-refractivity contribution in [1.82, 2.24) is 4.90 Å². The molecule has 0 amide bonds. The highest BCUT2D eigenvalue weighted by Gasteiger charge is 2.37. The van der Waals surface area contributed by atoms with E-state index in [1.54, 1.807) is 7.11 Å². The second kappa shape index (κ2) is 7.13. The van der Waals surface area contributed by atoms with Crippen LogP contribution in [0.2, 0.25) is 0 Å². The molecule has 0 radical (unpaired) electrons. The molecule has 0 aromatic carbocycles. The lowest BCUT2D eigenvalue weighted by atomic mass is 9.95. The van der Waals surface area contributed by atoms with Crippen molar-refractivity contribution in [2.24, 2.45) is 17.6 Å². The molecule has 3 atom stereocenters. The number of methoxy groups -OCH3 is 1. The minimum absolute atomic E-state index is 0.561. The third-order valence-corrected chi connectivity index (χ3v) is 5.75. The Balaban J connectivity index is 1.98.